The van der Waals surface area contributed by atoms with Gasteiger partial charge < -0.3 is 44.5 Å². The molecule has 30 heavy (non-hydrogen) atoms. The van der Waals surface area contributed by atoms with Gasteiger partial charge in [0.1, 0.15) is 31.0 Å². The number of carboxylic acid groups (broad SMARTS) is 1. The summed E-state index contributed by atoms with van der Waals surface area (Å²) in [7, 11) is 1.31. The molecule has 11 nitrogen and oxygen atoms in total. The van der Waals surface area contributed by atoms with E-state index in [1.54, 1.807) is 6.92 Å². The van der Waals surface area contributed by atoms with Gasteiger partial charge in [-0.15, -0.1) is 0 Å². The highest BCUT2D eigenvalue weighted by atomic mass is 16.7. The molecule has 1 aromatic rings. The first-order chi connectivity index (χ1) is 14.0. The van der Waals surface area contributed by atoms with Gasteiger partial charge in [0.15, 0.2) is 23.4 Å². The highest BCUT2D eigenvalue weighted by Crippen LogP contribution is 2.29. The molecule has 168 valence electrons. The lowest BCUT2D eigenvalue weighted by atomic mass is 9.98. The third kappa shape index (κ3) is 4.99. The summed E-state index contributed by atoms with van der Waals surface area (Å²) in [5, 5.41) is 49.2. The normalized spacial score (nSPS) is 28.4. The predicted molar refractivity (Wildman–Crippen MR) is 99.0 cm³/mol. The van der Waals surface area contributed by atoms with E-state index in [1.165, 1.54) is 32.2 Å². The van der Waals surface area contributed by atoms with Crippen molar-refractivity contribution >= 4 is 11.9 Å². The van der Waals surface area contributed by atoms with Crippen LogP contribution in [-0.2, 0) is 19.0 Å². The van der Waals surface area contributed by atoms with E-state index >= 15 is 0 Å². The van der Waals surface area contributed by atoms with Crippen molar-refractivity contribution in [1.29, 1.82) is 0 Å². The number of esters is 1. The lowest BCUT2D eigenvalue weighted by Gasteiger charge is -2.42. The fraction of sp³-hybridized carbons (Fsp3) is 0.579. The second-order valence-corrected chi connectivity index (χ2v) is 7.01. The Hall–Kier alpha value is -2.44. The largest absolute Gasteiger partial charge is 0.504 e. The van der Waals surface area contributed by atoms with E-state index in [0.717, 1.165) is 0 Å². The van der Waals surface area contributed by atoms with Crippen LogP contribution in [0.5, 0.6) is 11.5 Å². The molecule has 0 bridgehead atoms. The topological polar surface area (TPSA) is 172 Å². The van der Waals surface area contributed by atoms with Crippen molar-refractivity contribution in [2.45, 2.75) is 56.6 Å². The number of ether oxygens (including phenoxy) is 4. The van der Waals surface area contributed by atoms with E-state index in [1.807, 2.05) is 0 Å². The van der Waals surface area contributed by atoms with Crippen LogP contribution in [0.25, 0.3) is 0 Å². The number of aromatic hydroxyl groups is 1. The molecular formula is C19H26O11. The van der Waals surface area contributed by atoms with Gasteiger partial charge in [0.2, 0.25) is 0 Å². The van der Waals surface area contributed by atoms with Crippen molar-refractivity contribution in [2.24, 2.45) is 0 Å². The smallest absolute Gasteiger partial charge is 0.338 e. The molecule has 0 spiro atoms. The molecule has 0 amide bonds. The van der Waals surface area contributed by atoms with E-state index in [4.69, 9.17) is 18.9 Å². The molecule has 1 aliphatic rings. The number of carbonyl (C=O) groups excluding carboxylic acids is 1. The number of carbonyl (C=O) groups is 2. The van der Waals surface area contributed by atoms with E-state index in [-0.39, 0.29) is 23.5 Å². The van der Waals surface area contributed by atoms with Crippen molar-refractivity contribution in [2.75, 3.05) is 13.7 Å². The van der Waals surface area contributed by atoms with Crippen LogP contribution >= 0.6 is 0 Å². The first kappa shape index (κ1) is 23.8. The number of aliphatic carboxylic acids is 1. The zero-order chi connectivity index (χ0) is 22.6. The lowest BCUT2D eigenvalue weighted by Crippen LogP contribution is -2.61. The molecular weight excluding hydrogens is 404 g/mol. The van der Waals surface area contributed by atoms with Crippen molar-refractivity contribution in [3.05, 3.63) is 23.8 Å². The maximum absolute atomic E-state index is 12.2. The maximum Gasteiger partial charge on any atom is 0.338 e. The van der Waals surface area contributed by atoms with Gasteiger partial charge in [-0.1, -0.05) is 6.92 Å². The van der Waals surface area contributed by atoms with Crippen LogP contribution in [0.1, 0.15) is 30.6 Å². The van der Waals surface area contributed by atoms with E-state index in [2.05, 4.69) is 0 Å². The summed E-state index contributed by atoms with van der Waals surface area (Å²) in [4.78, 5) is 23.7. The number of phenolic OH excluding ortho intramolecular Hbond substituents is 1. The second kappa shape index (κ2) is 9.58. The van der Waals surface area contributed by atoms with Crippen LogP contribution in [0.2, 0.25) is 0 Å². The van der Waals surface area contributed by atoms with Crippen molar-refractivity contribution in [3.63, 3.8) is 0 Å². The highest BCUT2D eigenvalue weighted by molar-refractivity contribution is 5.90. The fourth-order valence-electron chi connectivity index (χ4n) is 2.74. The summed E-state index contributed by atoms with van der Waals surface area (Å²) >= 11 is 0. The molecule has 2 rings (SSSR count). The highest BCUT2D eigenvalue weighted by Gasteiger charge is 2.48. The second-order valence-electron chi connectivity index (χ2n) is 7.01. The molecule has 0 aliphatic carbocycles. The molecule has 5 N–H and O–H groups in total. The Morgan fingerprint density at radius 1 is 1.17 bits per heavy atom. The fourth-order valence-corrected chi connectivity index (χ4v) is 2.74. The monoisotopic (exact) mass is 430 g/mol. The van der Waals surface area contributed by atoms with Crippen LogP contribution in [0.3, 0.4) is 0 Å². The number of hydrogen-bond donors (Lipinski definition) is 5. The summed E-state index contributed by atoms with van der Waals surface area (Å²) < 4.78 is 20.8. The Morgan fingerprint density at radius 2 is 1.83 bits per heavy atom. The molecule has 1 aliphatic heterocycles. The van der Waals surface area contributed by atoms with Crippen molar-refractivity contribution < 1.29 is 54.1 Å². The lowest BCUT2D eigenvalue weighted by molar-refractivity contribution is -0.322. The molecule has 6 atom stereocenters. The van der Waals surface area contributed by atoms with Gasteiger partial charge in [-0.25, -0.2) is 9.59 Å². The molecule has 1 aromatic carbocycles. The predicted octanol–water partition coefficient (Wildman–Crippen LogP) is -0.365. The van der Waals surface area contributed by atoms with E-state index in [9.17, 15) is 35.1 Å². The zero-order valence-electron chi connectivity index (χ0n) is 16.7. The van der Waals surface area contributed by atoms with Crippen LogP contribution < -0.4 is 4.74 Å². The van der Waals surface area contributed by atoms with Gasteiger partial charge in [-0.05, 0) is 31.5 Å². The average molecular weight is 430 g/mol. The molecule has 1 saturated heterocycles. The Morgan fingerprint density at radius 3 is 2.40 bits per heavy atom. The molecule has 1 heterocycles. The van der Waals surface area contributed by atoms with Crippen LogP contribution in [0.15, 0.2) is 18.2 Å². The first-order valence-electron chi connectivity index (χ1n) is 9.19. The molecule has 0 radical (unpaired) electrons. The third-order valence-electron chi connectivity index (χ3n) is 4.97. The number of aliphatic hydroxyl groups excluding tert-OH is 3. The summed E-state index contributed by atoms with van der Waals surface area (Å²) in [6.07, 6.45) is -7.92. The summed E-state index contributed by atoms with van der Waals surface area (Å²) in [6, 6.07) is 3.78. The van der Waals surface area contributed by atoms with E-state index < -0.39 is 54.9 Å². The Labute approximate surface area is 172 Å². The first-order valence-corrected chi connectivity index (χ1v) is 9.19. The van der Waals surface area contributed by atoms with Gasteiger partial charge in [0.25, 0.3) is 0 Å². The van der Waals surface area contributed by atoms with Crippen molar-refractivity contribution in [1.82, 2.24) is 0 Å². The molecule has 6 unspecified atom stereocenters. The number of phenols is 1. The number of methoxy groups -OCH3 is 1. The zero-order valence-corrected chi connectivity index (χ0v) is 16.7. The number of aliphatic hydroxyl groups is 3. The minimum atomic E-state index is -1.73. The Balaban J connectivity index is 2.09. The number of rotatable bonds is 8. The van der Waals surface area contributed by atoms with Gasteiger partial charge in [0, 0.05) is 0 Å². The molecule has 11 heteroatoms. The van der Waals surface area contributed by atoms with Gasteiger partial charge in [0.05, 0.1) is 12.7 Å². The summed E-state index contributed by atoms with van der Waals surface area (Å²) in [5.41, 5.74) is -1.66. The van der Waals surface area contributed by atoms with Crippen LogP contribution in [0.4, 0.5) is 0 Å². The minimum Gasteiger partial charge on any atom is -0.504 e. The SMILES string of the molecule is CCC(C)(OC1OC(COC(=O)c2ccc(O)c(OC)c2)C(O)C(O)C1O)C(=O)O. The van der Waals surface area contributed by atoms with Crippen LogP contribution in [0, 0.1) is 0 Å². The number of benzene rings is 1. The third-order valence-corrected chi connectivity index (χ3v) is 4.97. The summed E-state index contributed by atoms with van der Waals surface area (Å²) in [6.45, 7) is 2.30. The molecule has 1 fully saturated rings. The average Bonchev–Trinajstić information content (AvgIpc) is 2.73. The van der Waals surface area contributed by atoms with E-state index in [0.29, 0.717) is 0 Å². The standard InChI is InChI=1S/C19H26O11/c1-4-19(2,18(25)26)30-17-15(23)14(22)13(21)12(29-17)8-28-16(24)9-5-6-10(20)11(7-9)27-3/h5-7,12-15,17,20-23H,4,8H2,1-3H3,(H,25,26). The Kier molecular flexibility index (Phi) is 7.61. The number of hydrogen-bond acceptors (Lipinski definition) is 10. The minimum absolute atomic E-state index is 0.0376. The maximum atomic E-state index is 12.2. The quantitative estimate of drug-likeness (QED) is 0.341. The Bertz CT molecular complexity index is 767. The molecule has 0 aromatic heterocycles. The number of carboxylic acids is 1. The molecule has 0 saturated carbocycles. The van der Waals surface area contributed by atoms with Crippen molar-refractivity contribution in [3.8, 4) is 11.5 Å². The van der Waals surface area contributed by atoms with Gasteiger partial charge in [-0.3, -0.25) is 0 Å². The van der Waals surface area contributed by atoms with Gasteiger partial charge in [-0.2, -0.15) is 0 Å². The van der Waals surface area contributed by atoms with Crippen LogP contribution in [-0.4, -0.2) is 87.5 Å². The van der Waals surface area contributed by atoms with Gasteiger partial charge >= 0.3 is 11.9 Å². The summed E-state index contributed by atoms with van der Waals surface area (Å²) in [5.74, 6) is -2.25.